The van der Waals surface area contributed by atoms with E-state index in [1.807, 2.05) is 0 Å². The Kier molecular flexibility index (Phi) is 5.64. The Bertz CT molecular complexity index is 882. The molecule has 1 heterocycles. The molecule has 2 aromatic rings. The zero-order valence-corrected chi connectivity index (χ0v) is 16.0. The highest BCUT2D eigenvalue weighted by molar-refractivity contribution is 7.90. The first kappa shape index (κ1) is 18.9. The van der Waals surface area contributed by atoms with E-state index in [0.717, 1.165) is 31.9 Å². The molecule has 3 rings (SSSR count). The van der Waals surface area contributed by atoms with E-state index in [1.165, 1.54) is 12.3 Å². The fraction of sp³-hybridized carbons (Fsp3) is 0.412. The first-order chi connectivity index (χ1) is 12.3. The van der Waals surface area contributed by atoms with Crippen LogP contribution in [0.25, 0.3) is 0 Å². The maximum atomic E-state index is 12.0. The van der Waals surface area contributed by atoms with Gasteiger partial charge >= 0.3 is 0 Å². The van der Waals surface area contributed by atoms with Gasteiger partial charge in [0.1, 0.15) is 5.02 Å². The molecular weight excluding hydrogens is 374 g/mol. The van der Waals surface area contributed by atoms with Crippen molar-refractivity contribution in [2.24, 2.45) is 5.73 Å². The molecule has 1 aliphatic rings. The standard InChI is InChI=1S/C17H22ClN5O2S/c1-26(24,25)15-5-3-2-4-14(15)22-16-13(18)10-20-17(23-16)21-12-8-6-11(19)7-9-12/h2-5,10-12H,6-9,19H2,1H3,(H2,20,21,22,23). The van der Waals surface area contributed by atoms with Gasteiger partial charge < -0.3 is 16.4 Å². The number of anilines is 3. The van der Waals surface area contributed by atoms with Crippen molar-refractivity contribution in [3.63, 3.8) is 0 Å². The smallest absolute Gasteiger partial charge is 0.224 e. The third kappa shape index (κ3) is 4.63. The van der Waals surface area contributed by atoms with Gasteiger partial charge in [-0.2, -0.15) is 4.98 Å². The molecule has 0 radical (unpaired) electrons. The first-order valence-corrected chi connectivity index (χ1v) is 10.7. The lowest BCUT2D eigenvalue weighted by Gasteiger charge is -2.26. The monoisotopic (exact) mass is 395 g/mol. The lowest BCUT2D eigenvalue weighted by Crippen LogP contribution is -2.33. The molecule has 1 aliphatic carbocycles. The van der Waals surface area contributed by atoms with Crippen molar-refractivity contribution in [1.29, 1.82) is 0 Å². The third-order valence-electron chi connectivity index (χ3n) is 4.39. The van der Waals surface area contributed by atoms with Gasteiger partial charge in [0.15, 0.2) is 15.7 Å². The second-order valence-corrected chi connectivity index (χ2v) is 8.93. The number of hydrogen-bond donors (Lipinski definition) is 3. The fourth-order valence-electron chi connectivity index (χ4n) is 2.99. The van der Waals surface area contributed by atoms with Gasteiger partial charge in [-0.1, -0.05) is 23.7 Å². The molecule has 7 nitrogen and oxygen atoms in total. The predicted octanol–water partition coefficient (Wildman–Crippen LogP) is 2.96. The van der Waals surface area contributed by atoms with Gasteiger partial charge in [-0.3, -0.25) is 0 Å². The molecule has 26 heavy (non-hydrogen) atoms. The van der Waals surface area contributed by atoms with Crippen LogP contribution in [0.4, 0.5) is 17.5 Å². The number of nitrogens with two attached hydrogens (primary N) is 1. The molecule has 4 N–H and O–H groups in total. The van der Waals surface area contributed by atoms with Gasteiger partial charge in [-0.05, 0) is 37.8 Å². The van der Waals surface area contributed by atoms with Crippen LogP contribution < -0.4 is 16.4 Å². The fourth-order valence-corrected chi connectivity index (χ4v) is 3.97. The van der Waals surface area contributed by atoms with Gasteiger partial charge in [0, 0.05) is 18.3 Å². The van der Waals surface area contributed by atoms with E-state index < -0.39 is 9.84 Å². The van der Waals surface area contributed by atoms with E-state index in [2.05, 4.69) is 20.6 Å². The van der Waals surface area contributed by atoms with Crippen molar-refractivity contribution in [1.82, 2.24) is 9.97 Å². The zero-order valence-electron chi connectivity index (χ0n) is 14.4. The number of nitrogens with one attached hydrogen (secondary N) is 2. The van der Waals surface area contributed by atoms with Gasteiger partial charge in [-0.15, -0.1) is 0 Å². The molecule has 0 amide bonds. The van der Waals surface area contributed by atoms with E-state index in [0.29, 0.717) is 22.5 Å². The van der Waals surface area contributed by atoms with Crippen LogP contribution in [0.1, 0.15) is 25.7 Å². The average molecular weight is 396 g/mol. The van der Waals surface area contributed by atoms with Crippen molar-refractivity contribution in [2.75, 3.05) is 16.9 Å². The summed E-state index contributed by atoms with van der Waals surface area (Å²) in [4.78, 5) is 8.82. The van der Waals surface area contributed by atoms with E-state index in [1.54, 1.807) is 18.2 Å². The van der Waals surface area contributed by atoms with Crippen LogP contribution in [0.15, 0.2) is 35.4 Å². The van der Waals surface area contributed by atoms with Gasteiger partial charge in [0.2, 0.25) is 5.95 Å². The zero-order chi connectivity index (χ0) is 18.7. The van der Waals surface area contributed by atoms with E-state index in [9.17, 15) is 8.42 Å². The Morgan fingerprint density at radius 3 is 2.58 bits per heavy atom. The molecule has 1 saturated carbocycles. The Morgan fingerprint density at radius 1 is 1.19 bits per heavy atom. The van der Waals surface area contributed by atoms with Crippen LogP contribution in [-0.2, 0) is 9.84 Å². The average Bonchev–Trinajstić information content (AvgIpc) is 2.59. The van der Waals surface area contributed by atoms with Gasteiger partial charge in [-0.25, -0.2) is 13.4 Å². The van der Waals surface area contributed by atoms with Crippen molar-refractivity contribution >= 4 is 38.9 Å². The summed E-state index contributed by atoms with van der Waals surface area (Å²) in [6, 6.07) is 7.17. The Morgan fingerprint density at radius 2 is 1.88 bits per heavy atom. The summed E-state index contributed by atoms with van der Waals surface area (Å²) in [6.45, 7) is 0. The summed E-state index contributed by atoms with van der Waals surface area (Å²) in [6.07, 6.45) is 6.53. The summed E-state index contributed by atoms with van der Waals surface area (Å²) in [5.74, 6) is 0.807. The summed E-state index contributed by atoms with van der Waals surface area (Å²) < 4.78 is 23.9. The Labute approximate surface area is 158 Å². The van der Waals surface area contributed by atoms with Crippen LogP contribution in [-0.4, -0.2) is 36.7 Å². The number of sulfone groups is 1. The summed E-state index contributed by atoms with van der Waals surface area (Å²) in [5, 5.41) is 6.62. The van der Waals surface area contributed by atoms with Crippen LogP contribution in [0.2, 0.25) is 5.02 Å². The van der Waals surface area contributed by atoms with Crippen molar-refractivity contribution in [2.45, 2.75) is 42.7 Å². The largest absolute Gasteiger partial charge is 0.351 e. The molecule has 0 bridgehead atoms. The highest BCUT2D eigenvalue weighted by atomic mass is 35.5. The number of aromatic nitrogens is 2. The minimum atomic E-state index is -3.38. The summed E-state index contributed by atoms with van der Waals surface area (Å²) in [7, 11) is -3.38. The molecule has 0 saturated heterocycles. The SMILES string of the molecule is CS(=O)(=O)c1ccccc1Nc1nc(NC2CCC(N)CC2)ncc1Cl. The molecule has 1 aromatic carbocycles. The number of halogens is 1. The van der Waals surface area contributed by atoms with Crippen LogP contribution >= 0.6 is 11.6 Å². The number of rotatable bonds is 5. The second-order valence-electron chi connectivity index (χ2n) is 6.54. The van der Waals surface area contributed by atoms with Crippen LogP contribution in [0.3, 0.4) is 0 Å². The Balaban J connectivity index is 1.81. The number of benzene rings is 1. The Hall–Kier alpha value is -1.90. The maximum absolute atomic E-state index is 12.0. The quantitative estimate of drug-likeness (QED) is 0.713. The van der Waals surface area contributed by atoms with Crippen molar-refractivity contribution < 1.29 is 8.42 Å². The maximum Gasteiger partial charge on any atom is 0.224 e. The number of nitrogens with zero attached hydrogens (tertiary/aromatic N) is 2. The topological polar surface area (TPSA) is 110 Å². The highest BCUT2D eigenvalue weighted by Gasteiger charge is 2.20. The minimum Gasteiger partial charge on any atom is -0.351 e. The predicted molar refractivity (Wildman–Crippen MR) is 104 cm³/mol. The molecule has 0 atom stereocenters. The third-order valence-corrected chi connectivity index (χ3v) is 5.82. The van der Waals surface area contributed by atoms with Gasteiger partial charge in [0.25, 0.3) is 0 Å². The molecule has 1 fully saturated rings. The van der Waals surface area contributed by atoms with Crippen LogP contribution in [0, 0.1) is 0 Å². The van der Waals surface area contributed by atoms with E-state index in [-0.39, 0.29) is 17.0 Å². The molecule has 0 spiro atoms. The van der Waals surface area contributed by atoms with Gasteiger partial charge in [0.05, 0.1) is 16.8 Å². The summed E-state index contributed by atoms with van der Waals surface area (Å²) >= 11 is 6.19. The molecule has 0 aliphatic heterocycles. The molecule has 9 heteroatoms. The highest BCUT2D eigenvalue weighted by Crippen LogP contribution is 2.28. The molecule has 0 unspecified atom stereocenters. The van der Waals surface area contributed by atoms with Crippen LogP contribution in [0.5, 0.6) is 0 Å². The molecular formula is C17H22ClN5O2S. The lowest BCUT2D eigenvalue weighted by molar-refractivity contribution is 0.410. The number of para-hydroxylation sites is 1. The second kappa shape index (κ2) is 7.77. The van der Waals surface area contributed by atoms with Crippen molar-refractivity contribution in [3.8, 4) is 0 Å². The van der Waals surface area contributed by atoms with E-state index in [4.69, 9.17) is 17.3 Å². The molecule has 1 aromatic heterocycles. The minimum absolute atomic E-state index is 0.186. The normalized spacial score (nSPS) is 20.6. The van der Waals surface area contributed by atoms with Crippen molar-refractivity contribution in [3.05, 3.63) is 35.5 Å². The first-order valence-electron chi connectivity index (χ1n) is 8.43. The van der Waals surface area contributed by atoms with E-state index >= 15 is 0 Å². The number of hydrogen-bond acceptors (Lipinski definition) is 7. The molecule has 140 valence electrons. The lowest BCUT2D eigenvalue weighted by atomic mass is 9.92. The summed E-state index contributed by atoms with van der Waals surface area (Å²) in [5.41, 5.74) is 6.36.